The predicted molar refractivity (Wildman–Crippen MR) is 72.6 cm³/mol. The highest BCUT2D eigenvalue weighted by atomic mass is 15.4. The van der Waals surface area contributed by atoms with E-state index >= 15 is 0 Å². The molecule has 102 valence electrons. The molecule has 3 heterocycles. The molecule has 0 aliphatic carbocycles. The molecule has 3 rings (SSSR count). The molecule has 2 aromatic rings. The molecule has 0 spiro atoms. The SMILES string of the molecule is CC1C(N)CCCN1c1n[nH]c(-c2ccnn2C)n1. The summed E-state index contributed by atoms with van der Waals surface area (Å²) in [6, 6.07) is 2.37. The second-order valence-electron chi connectivity index (χ2n) is 5.06. The highest BCUT2D eigenvalue weighted by molar-refractivity contribution is 5.51. The number of H-pyrrole nitrogens is 1. The van der Waals surface area contributed by atoms with Crippen LogP contribution in [0.1, 0.15) is 19.8 Å². The quantitative estimate of drug-likeness (QED) is 0.822. The Morgan fingerprint density at radius 3 is 3.05 bits per heavy atom. The molecule has 1 fully saturated rings. The normalized spacial score (nSPS) is 23.8. The van der Waals surface area contributed by atoms with Crippen LogP contribution in [0.3, 0.4) is 0 Å². The summed E-state index contributed by atoms with van der Waals surface area (Å²) >= 11 is 0. The molecular weight excluding hydrogens is 242 g/mol. The number of anilines is 1. The Morgan fingerprint density at radius 2 is 2.32 bits per heavy atom. The minimum Gasteiger partial charge on any atom is -0.335 e. The summed E-state index contributed by atoms with van der Waals surface area (Å²) in [7, 11) is 1.89. The number of rotatable bonds is 2. The van der Waals surface area contributed by atoms with Crippen molar-refractivity contribution in [3.05, 3.63) is 12.3 Å². The van der Waals surface area contributed by atoms with Gasteiger partial charge in [0.15, 0.2) is 5.82 Å². The van der Waals surface area contributed by atoms with E-state index in [4.69, 9.17) is 5.73 Å². The van der Waals surface area contributed by atoms with E-state index in [1.807, 2.05) is 13.1 Å². The van der Waals surface area contributed by atoms with Crippen LogP contribution < -0.4 is 10.6 Å². The molecule has 1 aliphatic heterocycles. The average molecular weight is 261 g/mol. The van der Waals surface area contributed by atoms with Crippen molar-refractivity contribution in [1.29, 1.82) is 0 Å². The van der Waals surface area contributed by atoms with Crippen molar-refractivity contribution in [2.24, 2.45) is 12.8 Å². The number of nitrogens with one attached hydrogen (secondary N) is 1. The van der Waals surface area contributed by atoms with Crippen LogP contribution >= 0.6 is 0 Å². The van der Waals surface area contributed by atoms with Crippen molar-refractivity contribution in [1.82, 2.24) is 25.0 Å². The molecule has 2 atom stereocenters. The van der Waals surface area contributed by atoms with Gasteiger partial charge in [0.1, 0.15) is 5.69 Å². The highest BCUT2D eigenvalue weighted by Gasteiger charge is 2.28. The summed E-state index contributed by atoms with van der Waals surface area (Å²) < 4.78 is 1.77. The van der Waals surface area contributed by atoms with Crippen molar-refractivity contribution >= 4 is 5.95 Å². The van der Waals surface area contributed by atoms with Gasteiger partial charge in [-0.3, -0.25) is 9.78 Å². The van der Waals surface area contributed by atoms with Gasteiger partial charge in [0.05, 0.1) is 0 Å². The van der Waals surface area contributed by atoms with Crippen molar-refractivity contribution in [2.45, 2.75) is 31.8 Å². The fourth-order valence-electron chi connectivity index (χ4n) is 2.56. The van der Waals surface area contributed by atoms with Crippen LogP contribution in [0.2, 0.25) is 0 Å². The first kappa shape index (κ1) is 12.2. The molecule has 3 N–H and O–H groups in total. The molecule has 0 radical (unpaired) electrons. The molecule has 7 nitrogen and oxygen atoms in total. The first-order chi connectivity index (χ1) is 9.16. The lowest BCUT2D eigenvalue weighted by Crippen LogP contribution is -2.50. The van der Waals surface area contributed by atoms with E-state index in [1.54, 1.807) is 10.9 Å². The van der Waals surface area contributed by atoms with Crippen molar-refractivity contribution in [2.75, 3.05) is 11.4 Å². The van der Waals surface area contributed by atoms with Crippen LogP contribution in [0, 0.1) is 0 Å². The fourth-order valence-corrected chi connectivity index (χ4v) is 2.56. The van der Waals surface area contributed by atoms with Gasteiger partial charge in [-0.25, -0.2) is 0 Å². The summed E-state index contributed by atoms with van der Waals surface area (Å²) in [5, 5.41) is 11.4. The van der Waals surface area contributed by atoms with Crippen LogP contribution in [-0.4, -0.2) is 43.6 Å². The summed E-state index contributed by atoms with van der Waals surface area (Å²) in [5.41, 5.74) is 7.03. The second kappa shape index (κ2) is 4.65. The van der Waals surface area contributed by atoms with Crippen molar-refractivity contribution < 1.29 is 0 Å². The zero-order chi connectivity index (χ0) is 13.4. The Kier molecular flexibility index (Phi) is 2.98. The van der Waals surface area contributed by atoms with E-state index in [0.717, 1.165) is 36.9 Å². The standard InChI is InChI=1S/C12H19N7/c1-8-9(13)4-3-7-19(8)12-15-11(16-17-12)10-5-6-14-18(10)2/h5-6,8-9H,3-4,7,13H2,1-2H3,(H,15,16,17). The lowest BCUT2D eigenvalue weighted by Gasteiger charge is -2.36. The van der Waals surface area contributed by atoms with Crippen LogP contribution in [0.4, 0.5) is 5.95 Å². The average Bonchev–Trinajstić information content (AvgIpc) is 3.01. The number of aromatic nitrogens is 5. The van der Waals surface area contributed by atoms with E-state index in [9.17, 15) is 0 Å². The zero-order valence-corrected chi connectivity index (χ0v) is 11.2. The third-order valence-corrected chi connectivity index (χ3v) is 3.84. The van der Waals surface area contributed by atoms with Gasteiger partial charge in [-0.1, -0.05) is 0 Å². The zero-order valence-electron chi connectivity index (χ0n) is 11.2. The van der Waals surface area contributed by atoms with Crippen molar-refractivity contribution in [3.8, 4) is 11.5 Å². The maximum atomic E-state index is 6.11. The lowest BCUT2D eigenvalue weighted by atomic mass is 9.99. The third kappa shape index (κ3) is 2.10. The summed E-state index contributed by atoms with van der Waals surface area (Å²) in [6.07, 6.45) is 3.90. The molecule has 0 aromatic carbocycles. The van der Waals surface area contributed by atoms with Gasteiger partial charge in [0.25, 0.3) is 0 Å². The first-order valence-electron chi connectivity index (χ1n) is 6.60. The molecule has 2 aromatic heterocycles. The molecule has 1 saturated heterocycles. The third-order valence-electron chi connectivity index (χ3n) is 3.84. The first-order valence-corrected chi connectivity index (χ1v) is 6.60. The van der Waals surface area contributed by atoms with Gasteiger partial charge >= 0.3 is 0 Å². The van der Waals surface area contributed by atoms with Crippen molar-refractivity contribution in [3.63, 3.8) is 0 Å². The van der Waals surface area contributed by atoms with Gasteiger partial charge in [-0.05, 0) is 25.8 Å². The summed E-state index contributed by atoms with van der Waals surface area (Å²) in [4.78, 5) is 6.74. The van der Waals surface area contributed by atoms with Crippen LogP contribution in [0.15, 0.2) is 12.3 Å². The van der Waals surface area contributed by atoms with Gasteiger partial charge in [0, 0.05) is 31.9 Å². The minimum absolute atomic E-state index is 0.187. The Balaban J connectivity index is 1.87. The molecule has 2 unspecified atom stereocenters. The number of aryl methyl sites for hydroxylation is 1. The molecule has 7 heteroatoms. The summed E-state index contributed by atoms with van der Waals surface area (Å²) in [5.74, 6) is 1.46. The van der Waals surface area contributed by atoms with Crippen LogP contribution in [0.5, 0.6) is 0 Å². The number of piperidine rings is 1. The number of aromatic amines is 1. The van der Waals surface area contributed by atoms with E-state index in [-0.39, 0.29) is 12.1 Å². The number of nitrogens with zero attached hydrogens (tertiary/aromatic N) is 5. The second-order valence-corrected chi connectivity index (χ2v) is 5.06. The molecule has 0 amide bonds. The maximum absolute atomic E-state index is 6.11. The number of hydrogen-bond acceptors (Lipinski definition) is 5. The van der Waals surface area contributed by atoms with Crippen LogP contribution in [-0.2, 0) is 7.05 Å². The Labute approximate surface area is 111 Å². The molecule has 1 aliphatic rings. The smallest absolute Gasteiger partial charge is 0.245 e. The summed E-state index contributed by atoms with van der Waals surface area (Å²) in [6.45, 7) is 3.08. The van der Waals surface area contributed by atoms with Gasteiger partial charge < -0.3 is 10.6 Å². The van der Waals surface area contributed by atoms with E-state index in [0.29, 0.717) is 0 Å². The topological polar surface area (TPSA) is 88.6 Å². The minimum atomic E-state index is 0.187. The predicted octanol–water partition coefficient (Wildman–Crippen LogP) is 0.521. The Hall–Kier alpha value is -1.89. The fraction of sp³-hybridized carbons (Fsp3) is 0.583. The van der Waals surface area contributed by atoms with Crippen LogP contribution in [0.25, 0.3) is 11.5 Å². The maximum Gasteiger partial charge on any atom is 0.245 e. The Morgan fingerprint density at radius 1 is 1.47 bits per heavy atom. The van der Waals surface area contributed by atoms with E-state index in [1.165, 1.54) is 0 Å². The molecule has 0 bridgehead atoms. The van der Waals surface area contributed by atoms with E-state index < -0.39 is 0 Å². The molecular formula is C12H19N7. The highest BCUT2D eigenvalue weighted by Crippen LogP contribution is 2.23. The number of hydrogen-bond donors (Lipinski definition) is 2. The molecule has 0 saturated carbocycles. The number of nitrogens with two attached hydrogens (primary N) is 1. The molecule has 19 heavy (non-hydrogen) atoms. The van der Waals surface area contributed by atoms with Gasteiger partial charge in [0.2, 0.25) is 5.95 Å². The van der Waals surface area contributed by atoms with Gasteiger partial charge in [-0.15, -0.1) is 5.10 Å². The largest absolute Gasteiger partial charge is 0.335 e. The monoisotopic (exact) mass is 261 g/mol. The lowest BCUT2D eigenvalue weighted by molar-refractivity contribution is 0.416. The van der Waals surface area contributed by atoms with Gasteiger partial charge in [-0.2, -0.15) is 10.1 Å². The Bertz CT molecular complexity index is 558. The van der Waals surface area contributed by atoms with E-state index in [2.05, 4.69) is 32.1 Å².